The Bertz CT molecular complexity index is 362. The first-order chi connectivity index (χ1) is 6.70. The molecule has 0 spiro atoms. The van der Waals surface area contributed by atoms with E-state index in [4.69, 9.17) is 5.11 Å². The molecule has 1 aliphatic carbocycles. The van der Waals surface area contributed by atoms with Crippen molar-refractivity contribution in [1.29, 1.82) is 0 Å². The third-order valence-corrected chi connectivity index (χ3v) is 2.87. The second-order valence-electron chi connectivity index (χ2n) is 3.65. The largest absolute Gasteiger partial charge is 0.465 e. The summed E-state index contributed by atoms with van der Waals surface area (Å²) in [5, 5.41) is 8.89. The van der Waals surface area contributed by atoms with Gasteiger partial charge in [0.25, 0.3) is 0 Å². The molecule has 0 fully saturated rings. The summed E-state index contributed by atoms with van der Waals surface area (Å²) < 4.78 is 0. The van der Waals surface area contributed by atoms with Gasteiger partial charge in [0.15, 0.2) is 0 Å². The van der Waals surface area contributed by atoms with Gasteiger partial charge in [-0.15, -0.1) is 0 Å². The van der Waals surface area contributed by atoms with Crippen LogP contribution in [-0.4, -0.2) is 23.1 Å². The van der Waals surface area contributed by atoms with Crippen LogP contribution in [0.3, 0.4) is 0 Å². The average molecular weight is 191 g/mol. The number of amides is 1. The van der Waals surface area contributed by atoms with Gasteiger partial charge in [-0.2, -0.15) is 0 Å². The fourth-order valence-corrected chi connectivity index (χ4v) is 2.07. The maximum absolute atomic E-state index is 10.8. The molecule has 1 amide bonds. The van der Waals surface area contributed by atoms with Gasteiger partial charge < -0.3 is 10.0 Å². The summed E-state index contributed by atoms with van der Waals surface area (Å²) in [4.78, 5) is 12.2. The van der Waals surface area contributed by atoms with Crippen LogP contribution < -0.4 is 0 Å². The Hall–Kier alpha value is -1.51. The second kappa shape index (κ2) is 3.33. The monoisotopic (exact) mass is 191 g/mol. The SMILES string of the molecule is CN(C(=O)O)C1CCc2ccccc21. The minimum Gasteiger partial charge on any atom is -0.465 e. The molecule has 1 atom stereocenters. The number of fused-ring (bicyclic) bond motifs is 1. The Labute approximate surface area is 83.0 Å². The number of rotatable bonds is 1. The van der Waals surface area contributed by atoms with Crippen molar-refractivity contribution in [1.82, 2.24) is 4.90 Å². The van der Waals surface area contributed by atoms with E-state index in [0.717, 1.165) is 18.4 Å². The Kier molecular flexibility index (Phi) is 2.15. The molecule has 1 unspecified atom stereocenters. The van der Waals surface area contributed by atoms with Crippen LogP contribution in [0.25, 0.3) is 0 Å². The topological polar surface area (TPSA) is 40.5 Å². The Balaban J connectivity index is 2.30. The van der Waals surface area contributed by atoms with Crippen molar-refractivity contribution in [2.45, 2.75) is 18.9 Å². The normalized spacial score (nSPS) is 19.1. The average Bonchev–Trinajstić information content (AvgIpc) is 2.60. The van der Waals surface area contributed by atoms with Gasteiger partial charge in [0, 0.05) is 7.05 Å². The van der Waals surface area contributed by atoms with E-state index in [1.165, 1.54) is 10.5 Å². The molecular weight excluding hydrogens is 178 g/mol. The third kappa shape index (κ3) is 1.35. The first-order valence-electron chi connectivity index (χ1n) is 4.73. The summed E-state index contributed by atoms with van der Waals surface area (Å²) in [7, 11) is 1.63. The van der Waals surface area contributed by atoms with E-state index >= 15 is 0 Å². The summed E-state index contributed by atoms with van der Waals surface area (Å²) >= 11 is 0. The van der Waals surface area contributed by atoms with Crippen LogP contribution in [-0.2, 0) is 6.42 Å². The zero-order valence-corrected chi connectivity index (χ0v) is 8.10. The number of hydrogen-bond donors (Lipinski definition) is 1. The third-order valence-electron chi connectivity index (χ3n) is 2.87. The van der Waals surface area contributed by atoms with Crippen LogP contribution in [0.1, 0.15) is 23.6 Å². The van der Waals surface area contributed by atoms with E-state index < -0.39 is 6.09 Å². The van der Waals surface area contributed by atoms with Gasteiger partial charge in [0.2, 0.25) is 0 Å². The lowest BCUT2D eigenvalue weighted by atomic mass is 10.1. The molecule has 0 radical (unpaired) electrons. The van der Waals surface area contributed by atoms with E-state index in [2.05, 4.69) is 6.07 Å². The summed E-state index contributed by atoms with van der Waals surface area (Å²) in [6.07, 6.45) is 1.03. The van der Waals surface area contributed by atoms with Crippen LogP contribution in [0.15, 0.2) is 24.3 Å². The lowest BCUT2D eigenvalue weighted by Crippen LogP contribution is -2.28. The lowest BCUT2D eigenvalue weighted by molar-refractivity contribution is 0.138. The highest BCUT2D eigenvalue weighted by molar-refractivity contribution is 5.65. The molecule has 74 valence electrons. The van der Waals surface area contributed by atoms with Gasteiger partial charge in [0.05, 0.1) is 6.04 Å². The van der Waals surface area contributed by atoms with Crippen molar-refractivity contribution >= 4 is 6.09 Å². The first-order valence-corrected chi connectivity index (χ1v) is 4.73. The highest BCUT2D eigenvalue weighted by Gasteiger charge is 2.27. The molecule has 3 heteroatoms. The van der Waals surface area contributed by atoms with Crippen molar-refractivity contribution in [3.63, 3.8) is 0 Å². The van der Waals surface area contributed by atoms with Crippen LogP contribution in [0.2, 0.25) is 0 Å². The highest BCUT2D eigenvalue weighted by Crippen LogP contribution is 2.34. The maximum atomic E-state index is 10.8. The first kappa shape index (κ1) is 9.06. The van der Waals surface area contributed by atoms with Crippen molar-refractivity contribution in [3.05, 3.63) is 35.4 Å². The molecule has 2 rings (SSSR count). The number of aryl methyl sites for hydroxylation is 1. The van der Waals surface area contributed by atoms with Gasteiger partial charge in [-0.1, -0.05) is 24.3 Å². The summed E-state index contributed by atoms with van der Waals surface area (Å²) in [5.41, 5.74) is 2.45. The summed E-state index contributed by atoms with van der Waals surface area (Å²) in [6.45, 7) is 0. The Morgan fingerprint density at radius 3 is 2.93 bits per heavy atom. The zero-order chi connectivity index (χ0) is 10.1. The fourth-order valence-electron chi connectivity index (χ4n) is 2.07. The number of benzene rings is 1. The van der Waals surface area contributed by atoms with E-state index in [9.17, 15) is 4.79 Å². The molecule has 0 heterocycles. The second-order valence-corrected chi connectivity index (χ2v) is 3.65. The van der Waals surface area contributed by atoms with Crippen LogP contribution >= 0.6 is 0 Å². The Morgan fingerprint density at radius 2 is 2.21 bits per heavy atom. The van der Waals surface area contributed by atoms with E-state index in [-0.39, 0.29) is 6.04 Å². The predicted octanol–water partition coefficient (Wildman–Crippen LogP) is 2.28. The van der Waals surface area contributed by atoms with Gasteiger partial charge in [-0.3, -0.25) is 0 Å². The maximum Gasteiger partial charge on any atom is 0.407 e. The van der Waals surface area contributed by atoms with E-state index in [0.29, 0.717) is 0 Å². The van der Waals surface area contributed by atoms with Crippen LogP contribution in [0.5, 0.6) is 0 Å². The molecule has 3 nitrogen and oxygen atoms in total. The molecule has 1 aliphatic rings. The molecule has 14 heavy (non-hydrogen) atoms. The number of hydrogen-bond acceptors (Lipinski definition) is 1. The van der Waals surface area contributed by atoms with E-state index in [1.807, 2.05) is 18.2 Å². The molecule has 0 aromatic heterocycles. The molecule has 0 aliphatic heterocycles. The van der Waals surface area contributed by atoms with Crippen molar-refractivity contribution in [2.75, 3.05) is 7.05 Å². The van der Waals surface area contributed by atoms with Crippen molar-refractivity contribution in [3.8, 4) is 0 Å². The van der Waals surface area contributed by atoms with Gasteiger partial charge in [-0.05, 0) is 24.0 Å². The summed E-state index contributed by atoms with van der Waals surface area (Å²) in [5.74, 6) is 0. The number of carboxylic acid groups (broad SMARTS) is 1. The van der Waals surface area contributed by atoms with E-state index in [1.54, 1.807) is 7.05 Å². The fraction of sp³-hybridized carbons (Fsp3) is 0.364. The van der Waals surface area contributed by atoms with Crippen LogP contribution in [0.4, 0.5) is 4.79 Å². The predicted molar refractivity (Wildman–Crippen MR) is 53.3 cm³/mol. The lowest BCUT2D eigenvalue weighted by Gasteiger charge is -2.21. The minimum atomic E-state index is -0.855. The molecule has 1 N–H and O–H groups in total. The van der Waals surface area contributed by atoms with Crippen LogP contribution in [0, 0.1) is 0 Å². The van der Waals surface area contributed by atoms with Gasteiger partial charge >= 0.3 is 6.09 Å². The smallest absolute Gasteiger partial charge is 0.407 e. The summed E-state index contributed by atoms with van der Waals surface area (Å²) in [6, 6.07) is 8.11. The van der Waals surface area contributed by atoms with Gasteiger partial charge in [0.1, 0.15) is 0 Å². The minimum absolute atomic E-state index is 0.0451. The standard InChI is InChI=1S/C11H13NO2/c1-12(11(13)14)10-7-6-8-4-2-3-5-9(8)10/h2-5,10H,6-7H2,1H3,(H,13,14). The number of carbonyl (C=O) groups is 1. The molecule has 0 saturated carbocycles. The molecule has 1 aromatic carbocycles. The highest BCUT2D eigenvalue weighted by atomic mass is 16.4. The van der Waals surface area contributed by atoms with Crippen molar-refractivity contribution in [2.24, 2.45) is 0 Å². The zero-order valence-electron chi connectivity index (χ0n) is 8.10. The number of nitrogens with zero attached hydrogens (tertiary/aromatic N) is 1. The molecule has 1 aromatic rings. The molecule has 0 saturated heterocycles. The molecule has 0 bridgehead atoms. The van der Waals surface area contributed by atoms with Gasteiger partial charge in [-0.25, -0.2) is 4.79 Å². The molecular formula is C11H13NO2. The Morgan fingerprint density at radius 1 is 1.50 bits per heavy atom. The van der Waals surface area contributed by atoms with Crippen molar-refractivity contribution < 1.29 is 9.90 Å². The quantitative estimate of drug-likeness (QED) is 0.739.